The van der Waals surface area contributed by atoms with E-state index in [0.29, 0.717) is 27.1 Å². The monoisotopic (exact) mass is 299 g/mol. The standard InChI is InChI=1S/C14H12Cl2FNO/c1-8(18)11-7-10(17)3-5-13(11)19-14-6-9(15)2-4-12(14)16/h2-8H,18H2,1H3/t8-/m0/s1. The van der Waals surface area contributed by atoms with Gasteiger partial charge in [0.25, 0.3) is 0 Å². The predicted octanol–water partition coefficient (Wildman–Crippen LogP) is 4.94. The van der Waals surface area contributed by atoms with E-state index >= 15 is 0 Å². The molecule has 100 valence electrons. The van der Waals surface area contributed by atoms with E-state index in [1.165, 1.54) is 18.2 Å². The van der Waals surface area contributed by atoms with Gasteiger partial charge in [-0.1, -0.05) is 23.2 Å². The minimum absolute atomic E-state index is 0.358. The largest absolute Gasteiger partial charge is 0.455 e. The molecule has 2 aromatic rings. The fourth-order valence-electron chi connectivity index (χ4n) is 1.64. The quantitative estimate of drug-likeness (QED) is 0.871. The first-order chi connectivity index (χ1) is 8.97. The third-order valence-corrected chi connectivity index (χ3v) is 3.12. The summed E-state index contributed by atoms with van der Waals surface area (Å²) in [5.41, 5.74) is 6.37. The molecule has 2 N–H and O–H groups in total. The molecule has 0 heterocycles. The Bertz CT molecular complexity index is 602. The molecule has 2 rings (SSSR count). The molecule has 0 saturated carbocycles. The highest BCUT2D eigenvalue weighted by molar-refractivity contribution is 6.34. The van der Waals surface area contributed by atoms with Crippen molar-refractivity contribution in [1.29, 1.82) is 0 Å². The summed E-state index contributed by atoms with van der Waals surface area (Å²) >= 11 is 11.9. The maximum atomic E-state index is 13.2. The second kappa shape index (κ2) is 5.78. The Morgan fingerprint density at radius 3 is 2.53 bits per heavy atom. The summed E-state index contributed by atoms with van der Waals surface area (Å²) in [6.45, 7) is 1.75. The van der Waals surface area contributed by atoms with Crippen LogP contribution in [0, 0.1) is 5.82 Å². The van der Waals surface area contributed by atoms with Crippen molar-refractivity contribution in [2.24, 2.45) is 5.73 Å². The molecule has 0 spiro atoms. The molecule has 5 heteroatoms. The number of nitrogens with two attached hydrogens (primary N) is 1. The molecular formula is C14H12Cl2FNO. The number of rotatable bonds is 3. The molecule has 2 nitrogen and oxygen atoms in total. The lowest BCUT2D eigenvalue weighted by atomic mass is 10.1. The summed E-state index contributed by atoms with van der Waals surface area (Å²) in [6, 6.07) is 8.70. The average molecular weight is 300 g/mol. The lowest BCUT2D eigenvalue weighted by molar-refractivity contribution is 0.469. The molecule has 1 atom stereocenters. The zero-order chi connectivity index (χ0) is 14.0. The van der Waals surface area contributed by atoms with Crippen molar-refractivity contribution in [2.75, 3.05) is 0 Å². The molecule has 0 radical (unpaired) electrons. The number of hydrogen-bond donors (Lipinski definition) is 1. The summed E-state index contributed by atoms with van der Waals surface area (Å²) in [7, 11) is 0. The topological polar surface area (TPSA) is 35.2 Å². The molecule has 0 unspecified atom stereocenters. The van der Waals surface area contributed by atoms with E-state index in [2.05, 4.69) is 0 Å². The molecule has 0 saturated heterocycles. The highest BCUT2D eigenvalue weighted by Crippen LogP contribution is 2.35. The van der Waals surface area contributed by atoms with Crippen LogP contribution in [0.1, 0.15) is 18.5 Å². The van der Waals surface area contributed by atoms with Crippen molar-refractivity contribution in [3.63, 3.8) is 0 Å². The van der Waals surface area contributed by atoms with Gasteiger partial charge in [0.05, 0.1) is 5.02 Å². The lowest BCUT2D eigenvalue weighted by Crippen LogP contribution is -2.07. The second-order valence-electron chi connectivity index (χ2n) is 4.15. The molecule has 0 bridgehead atoms. The van der Waals surface area contributed by atoms with Gasteiger partial charge in [-0.15, -0.1) is 0 Å². The molecule has 0 amide bonds. The summed E-state index contributed by atoms with van der Waals surface area (Å²) in [4.78, 5) is 0. The van der Waals surface area contributed by atoms with E-state index < -0.39 is 0 Å². The molecule has 0 aliphatic heterocycles. The van der Waals surface area contributed by atoms with Crippen molar-refractivity contribution in [3.05, 3.63) is 57.8 Å². The van der Waals surface area contributed by atoms with E-state index in [4.69, 9.17) is 33.7 Å². The molecule has 0 aromatic heterocycles. The SMILES string of the molecule is C[C@H](N)c1cc(F)ccc1Oc1cc(Cl)ccc1Cl. The summed E-state index contributed by atoms with van der Waals surface area (Å²) in [5, 5.41) is 0.924. The molecule has 0 fully saturated rings. The first-order valence-corrected chi connectivity index (χ1v) is 6.41. The van der Waals surface area contributed by atoms with Crippen LogP contribution < -0.4 is 10.5 Å². The summed E-state index contributed by atoms with van der Waals surface area (Å²) < 4.78 is 18.9. The lowest BCUT2D eigenvalue weighted by Gasteiger charge is -2.14. The van der Waals surface area contributed by atoms with Crippen LogP contribution in [0.25, 0.3) is 0 Å². The summed E-state index contributed by atoms with van der Waals surface area (Å²) in [6.07, 6.45) is 0. The normalized spacial score (nSPS) is 12.3. The minimum Gasteiger partial charge on any atom is -0.455 e. The van der Waals surface area contributed by atoms with Gasteiger partial charge in [0.1, 0.15) is 17.3 Å². The van der Waals surface area contributed by atoms with E-state index in [9.17, 15) is 4.39 Å². The Labute approximate surface area is 120 Å². The van der Waals surface area contributed by atoms with Crippen LogP contribution >= 0.6 is 23.2 Å². The van der Waals surface area contributed by atoms with Crippen molar-refractivity contribution in [1.82, 2.24) is 0 Å². The van der Waals surface area contributed by atoms with Gasteiger partial charge in [0.15, 0.2) is 0 Å². The second-order valence-corrected chi connectivity index (χ2v) is 4.99. The number of halogens is 3. The van der Waals surface area contributed by atoms with Crippen LogP contribution in [0.2, 0.25) is 10.0 Å². The maximum Gasteiger partial charge on any atom is 0.147 e. The van der Waals surface area contributed by atoms with Gasteiger partial charge in [-0.25, -0.2) is 4.39 Å². The Hall–Kier alpha value is -1.29. The highest BCUT2D eigenvalue weighted by atomic mass is 35.5. The first-order valence-electron chi connectivity index (χ1n) is 5.65. The third kappa shape index (κ3) is 3.38. The Morgan fingerprint density at radius 1 is 1.11 bits per heavy atom. The van der Waals surface area contributed by atoms with Gasteiger partial charge in [0, 0.05) is 22.7 Å². The van der Waals surface area contributed by atoms with Gasteiger partial charge in [0.2, 0.25) is 0 Å². The first kappa shape index (κ1) is 14.1. The smallest absolute Gasteiger partial charge is 0.147 e. The predicted molar refractivity (Wildman–Crippen MR) is 75.5 cm³/mol. The highest BCUT2D eigenvalue weighted by Gasteiger charge is 2.12. The molecule has 2 aromatic carbocycles. The Balaban J connectivity index is 2.40. The minimum atomic E-state index is -0.364. The van der Waals surface area contributed by atoms with Gasteiger partial charge in [-0.3, -0.25) is 0 Å². The molecular weight excluding hydrogens is 288 g/mol. The number of benzene rings is 2. The zero-order valence-corrected chi connectivity index (χ0v) is 11.7. The van der Waals surface area contributed by atoms with Crippen molar-refractivity contribution < 1.29 is 9.13 Å². The van der Waals surface area contributed by atoms with Crippen molar-refractivity contribution >= 4 is 23.2 Å². The van der Waals surface area contributed by atoms with Crippen LogP contribution in [0.4, 0.5) is 4.39 Å². The van der Waals surface area contributed by atoms with E-state index in [1.54, 1.807) is 25.1 Å². The molecule has 0 aliphatic carbocycles. The fourth-order valence-corrected chi connectivity index (χ4v) is 1.96. The third-order valence-electron chi connectivity index (χ3n) is 2.58. The maximum absolute atomic E-state index is 13.2. The Morgan fingerprint density at radius 2 is 1.84 bits per heavy atom. The van der Waals surface area contributed by atoms with E-state index in [-0.39, 0.29) is 11.9 Å². The van der Waals surface area contributed by atoms with Crippen LogP contribution in [-0.4, -0.2) is 0 Å². The number of hydrogen-bond acceptors (Lipinski definition) is 2. The van der Waals surface area contributed by atoms with E-state index in [1.807, 2.05) is 0 Å². The van der Waals surface area contributed by atoms with Gasteiger partial charge >= 0.3 is 0 Å². The van der Waals surface area contributed by atoms with Crippen molar-refractivity contribution in [3.8, 4) is 11.5 Å². The van der Waals surface area contributed by atoms with Crippen molar-refractivity contribution in [2.45, 2.75) is 13.0 Å². The fraction of sp³-hybridized carbons (Fsp3) is 0.143. The number of ether oxygens (including phenoxy) is 1. The van der Waals surface area contributed by atoms with Crippen LogP contribution in [0.5, 0.6) is 11.5 Å². The molecule has 19 heavy (non-hydrogen) atoms. The van der Waals surface area contributed by atoms with Gasteiger partial charge in [-0.2, -0.15) is 0 Å². The van der Waals surface area contributed by atoms with Crippen LogP contribution in [-0.2, 0) is 0 Å². The van der Waals surface area contributed by atoms with E-state index in [0.717, 1.165) is 0 Å². The van der Waals surface area contributed by atoms with Crippen LogP contribution in [0.3, 0.4) is 0 Å². The molecule has 0 aliphatic rings. The van der Waals surface area contributed by atoms with Gasteiger partial charge in [-0.05, 0) is 37.3 Å². The summed E-state index contributed by atoms with van der Waals surface area (Å²) in [5.74, 6) is 0.500. The average Bonchev–Trinajstić information content (AvgIpc) is 2.35. The van der Waals surface area contributed by atoms with Gasteiger partial charge < -0.3 is 10.5 Å². The van der Waals surface area contributed by atoms with Crippen LogP contribution in [0.15, 0.2) is 36.4 Å². The zero-order valence-electron chi connectivity index (χ0n) is 10.2. The Kier molecular flexibility index (Phi) is 4.30.